The van der Waals surface area contributed by atoms with Crippen LogP contribution in [0.5, 0.6) is 0 Å². The molecule has 0 aliphatic carbocycles. The van der Waals surface area contributed by atoms with Crippen molar-refractivity contribution >= 4 is 22.9 Å². The standard InChI is InChI=1S/C18H25N3O3S/c22-17(5-6-21-9-12-25-18(21)23)19-13-15-1-3-16(4-2-15)14-20-7-10-24-11-8-20/h1-4H,5-14H2,(H,19,22). The second-order valence-electron chi connectivity index (χ2n) is 6.33. The molecule has 0 unspecified atom stereocenters. The van der Waals surface area contributed by atoms with Gasteiger partial charge >= 0.3 is 0 Å². The van der Waals surface area contributed by atoms with Gasteiger partial charge in [0, 0.05) is 51.4 Å². The third-order valence-corrected chi connectivity index (χ3v) is 5.37. The molecule has 7 heteroatoms. The summed E-state index contributed by atoms with van der Waals surface area (Å²) in [7, 11) is 0. The summed E-state index contributed by atoms with van der Waals surface area (Å²) < 4.78 is 5.36. The Balaban J connectivity index is 1.37. The van der Waals surface area contributed by atoms with Crippen LogP contribution in [0.4, 0.5) is 4.79 Å². The molecule has 0 spiro atoms. The molecule has 0 aromatic heterocycles. The molecule has 1 aromatic rings. The smallest absolute Gasteiger partial charge is 0.281 e. The molecule has 2 heterocycles. The molecule has 2 aliphatic rings. The van der Waals surface area contributed by atoms with Crippen LogP contribution in [0.1, 0.15) is 17.5 Å². The zero-order valence-electron chi connectivity index (χ0n) is 14.4. The second-order valence-corrected chi connectivity index (χ2v) is 7.38. The predicted octanol–water partition coefficient (Wildman–Crippen LogP) is 1.69. The molecule has 0 bridgehead atoms. The van der Waals surface area contributed by atoms with E-state index in [0.717, 1.165) is 50.7 Å². The van der Waals surface area contributed by atoms with E-state index in [0.29, 0.717) is 19.5 Å². The highest BCUT2D eigenvalue weighted by Crippen LogP contribution is 2.17. The molecular formula is C18H25N3O3S. The maximum Gasteiger partial charge on any atom is 0.281 e. The molecule has 0 radical (unpaired) electrons. The fourth-order valence-electron chi connectivity index (χ4n) is 2.93. The minimum Gasteiger partial charge on any atom is -0.379 e. The van der Waals surface area contributed by atoms with E-state index in [-0.39, 0.29) is 11.1 Å². The number of nitrogens with one attached hydrogen (secondary N) is 1. The Bertz CT molecular complexity index is 588. The Hall–Kier alpha value is -1.57. The van der Waals surface area contributed by atoms with Crippen molar-refractivity contribution in [2.75, 3.05) is 45.1 Å². The summed E-state index contributed by atoms with van der Waals surface area (Å²) in [6.07, 6.45) is 0.363. The Morgan fingerprint density at radius 1 is 1.12 bits per heavy atom. The summed E-state index contributed by atoms with van der Waals surface area (Å²) in [6.45, 7) is 6.32. The molecule has 136 valence electrons. The fraction of sp³-hybridized carbons (Fsp3) is 0.556. The number of ether oxygens (including phenoxy) is 1. The van der Waals surface area contributed by atoms with Crippen LogP contribution < -0.4 is 5.32 Å². The number of hydrogen-bond acceptors (Lipinski definition) is 5. The molecule has 2 aliphatic heterocycles. The quantitative estimate of drug-likeness (QED) is 0.799. The van der Waals surface area contributed by atoms with Crippen molar-refractivity contribution in [2.24, 2.45) is 0 Å². The highest BCUT2D eigenvalue weighted by atomic mass is 32.2. The summed E-state index contributed by atoms with van der Waals surface area (Å²) in [5.41, 5.74) is 2.37. The van der Waals surface area contributed by atoms with Crippen LogP contribution >= 0.6 is 11.8 Å². The van der Waals surface area contributed by atoms with Crippen LogP contribution in [-0.4, -0.2) is 66.1 Å². The van der Waals surface area contributed by atoms with Crippen molar-refractivity contribution in [3.05, 3.63) is 35.4 Å². The minimum atomic E-state index is -0.0120. The monoisotopic (exact) mass is 363 g/mol. The highest BCUT2D eigenvalue weighted by Gasteiger charge is 2.21. The SMILES string of the molecule is O=C(CCN1CCSC1=O)NCc1ccc(CN2CCOCC2)cc1. The molecule has 3 rings (SSSR count). The maximum absolute atomic E-state index is 11.9. The molecule has 2 amide bonds. The van der Waals surface area contributed by atoms with Gasteiger partial charge in [-0.25, -0.2) is 0 Å². The molecule has 2 fully saturated rings. The third-order valence-electron chi connectivity index (χ3n) is 4.48. The van der Waals surface area contributed by atoms with Crippen molar-refractivity contribution < 1.29 is 14.3 Å². The van der Waals surface area contributed by atoms with E-state index in [1.807, 2.05) is 0 Å². The first-order valence-electron chi connectivity index (χ1n) is 8.77. The van der Waals surface area contributed by atoms with Gasteiger partial charge in [-0.1, -0.05) is 36.0 Å². The van der Waals surface area contributed by atoms with Crippen molar-refractivity contribution in [2.45, 2.75) is 19.5 Å². The van der Waals surface area contributed by atoms with Crippen molar-refractivity contribution in [3.63, 3.8) is 0 Å². The number of benzene rings is 1. The Kier molecular flexibility index (Phi) is 6.72. The summed E-state index contributed by atoms with van der Waals surface area (Å²) in [5, 5.41) is 3.01. The third kappa shape index (κ3) is 5.73. The van der Waals surface area contributed by atoms with Gasteiger partial charge in [0.1, 0.15) is 0 Å². The summed E-state index contributed by atoms with van der Waals surface area (Å²) >= 11 is 1.33. The van der Waals surface area contributed by atoms with Crippen LogP contribution in [0.25, 0.3) is 0 Å². The van der Waals surface area contributed by atoms with Crippen LogP contribution in [-0.2, 0) is 22.6 Å². The lowest BCUT2D eigenvalue weighted by molar-refractivity contribution is -0.121. The Morgan fingerprint density at radius 3 is 2.52 bits per heavy atom. The van der Waals surface area contributed by atoms with Crippen LogP contribution in [0.3, 0.4) is 0 Å². The van der Waals surface area contributed by atoms with E-state index < -0.39 is 0 Å². The largest absolute Gasteiger partial charge is 0.379 e. The molecule has 0 atom stereocenters. The summed E-state index contributed by atoms with van der Waals surface area (Å²) in [5.74, 6) is 0.819. The van der Waals surface area contributed by atoms with E-state index in [1.54, 1.807) is 4.90 Å². The number of hydrogen-bond donors (Lipinski definition) is 1. The van der Waals surface area contributed by atoms with Gasteiger partial charge in [0.25, 0.3) is 5.24 Å². The molecule has 1 N–H and O–H groups in total. The zero-order chi connectivity index (χ0) is 17.5. The molecule has 1 aromatic carbocycles. The Labute approximate surface area is 152 Å². The number of carbonyl (C=O) groups is 2. The van der Waals surface area contributed by atoms with Gasteiger partial charge in [0.15, 0.2) is 0 Å². The van der Waals surface area contributed by atoms with Crippen LogP contribution in [0.2, 0.25) is 0 Å². The van der Waals surface area contributed by atoms with Crippen molar-refractivity contribution in [3.8, 4) is 0 Å². The topological polar surface area (TPSA) is 61.9 Å². The van der Waals surface area contributed by atoms with Gasteiger partial charge < -0.3 is 15.0 Å². The lowest BCUT2D eigenvalue weighted by Gasteiger charge is -2.26. The average Bonchev–Trinajstić information content (AvgIpc) is 3.05. The van der Waals surface area contributed by atoms with Crippen molar-refractivity contribution in [1.29, 1.82) is 0 Å². The van der Waals surface area contributed by atoms with Gasteiger partial charge in [-0.3, -0.25) is 14.5 Å². The molecular weight excluding hydrogens is 338 g/mol. The molecule has 25 heavy (non-hydrogen) atoms. The minimum absolute atomic E-state index is 0.0120. The number of morpholine rings is 1. The molecule has 2 saturated heterocycles. The van der Waals surface area contributed by atoms with Gasteiger partial charge in [0.2, 0.25) is 5.91 Å². The molecule has 6 nitrogen and oxygen atoms in total. The second kappa shape index (κ2) is 9.22. The highest BCUT2D eigenvalue weighted by molar-refractivity contribution is 8.13. The predicted molar refractivity (Wildman–Crippen MR) is 98.4 cm³/mol. The number of thioether (sulfide) groups is 1. The van der Waals surface area contributed by atoms with Gasteiger partial charge in [0.05, 0.1) is 13.2 Å². The van der Waals surface area contributed by atoms with E-state index in [1.165, 1.54) is 17.3 Å². The first-order chi connectivity index (χ1) is 12.2. The summed E-state index contributed by atoms with van der Waals surface area (Å²) in [4.78, 5) is 27.6. The van der Waals surface area contributed by atoms with Crippen LogP contribution in [0.15, 0.2) is 24.3 Å². The number of carbonyl (C=O) groups excluding carboxylic acids is 2. The average molecular weight is 363 g/mol. The first kappa shape index (κ1) is 18.2. The van der Waals surface area contributed by atoms with E-state index in [9.17, 15) is 9.59 Å². The van der Waals surface area contributed by atoms with Crippen LogP contribution in [0, 0.1) is 0 Å². The van der Waals surface area contributed by atoms with Gasteiger partial charge in [-0.2, -0.15) is 0 Å². The van der Waals surface area contributed by atoms with Gasteiger partial charge in [-0.15, -0.1) is 0 Å². The number of amides is 2. The fourth-order valence-corrected chi connectivity index (χ4v) is 3.79. The zero-order valence-corrected chi connectivity index (χ0v) is 15.2. The van der Waals surface area contributed by atoms with Gasteiger partial charge in [-0.05, 0) is 11.1 Å². The number of nitrogens with zero attached hydrogens (tertiary/aromatic N) is 2. The van der Waals surface area contributed by atoms with E-state index >= 15 is 0 Å². The maximum atomic E-state index is 11.9. The van der Waals surface area contributed by atoms with Crippen molar-refractivity contribution in [1.82, 2.24) is 15.1 Å². The number of rotatable bonds is 7. The lowest BCUT2D eigenvalue weighted by Crippen LogP contribution is -2.35. The van der Waals surface area contributed by atoms with E-state index in [4.69, 9.17) is 4.74 Å². The lowest BCUT2D eigenvalue weighted by atomic mass is 10.1. The first-order valence-corrected chi connectivity index (χ1v) is 9.75. The molecule has 0 saturated carbocycles. The summed E-state index contributed by atoms with van der Waals surface area (Å²) in [6, 6.07) is 8.38. The normalized spacial score (nSPS) is 18.6. The van der Waals surface area contributed by atoms with E-state index in [2.05, 4.69) is 34.5 Å². The Morgan fingerprint density at radius 2 is 1.84 bits per heavy atom.